The van der Waals surface area contributed by atoms with Crippen LogP contribution in [-0.2, 0) is 16.0 Å². The summed E-state index contributed by atoms with van der Waals surface area (Å²) in [6.07, 6.45) is 6.58. The average molecular weight is 549 g/mol. The van der Waals surface area contributed by atoms with E-state index in [0.29, 0.717) is 12.6 Å². The van der Waals surface area contributed by atoms with Gasteiger partial charge in [0.2, 0.25) is 0 Å². The molecule has 2 aliphatic heterocycles. The van der Waals surface area contributed by atoms with E-state index in [2.05, 4.69) is 52.4 Å². The third-order valence-electron chi connectivity index (χ3n) is 7.94. The zero-order valence-corrected chi connectivity index (χ0v) is 22.9. The Morgan fingerprint density at radius 1 is 1.23 bits per heavy atom. The number of thiazole rings is 1. The normalized spacial score (nSPS) is 21.0. The van der Waals surface area contributed by atoms with E-state index in [-0.39, 0.29) is 28.7 Å². The van der Waals surface area contributed by atoms with Crippen molar-refractivity contribution in [1.29, 1.82) is 0 Å². The van der Waals surface area contributed by atoms with Crippen molar-refractivity contribution in [3.8, 4) is 0 Å². The number of fused-ring (bicyclic) bond motifs is 2. The summed E-state index contributed by atoms with van der Waals surface area (Å²) in [6, 6.07) is 7.95. The number of likely N-dealkylation sites (tertiary alicyclic amines) is 2. The number of anilines is 1. The van der Waals surface area contributed by atoms with Crippen LogP contribution in [0.5, 0.6) is 0 Å². The lowest BCUT2D eigenvalue weighted by Gasteiger charge is -2.38. The van der Waals surface area contributed by atoms with Crippen LogP contribution >= 0.6 is 11.3 Å². The zero-order valence-electron chi connectivity index (χ0n) is 22.1. The molecule has 2 aliphatic rings. The minimum Gasteiger partial charge on any atom is -0.358 e. The largest absolute Gasteiger partial charge is 0.358 e. The van der Waals surface area contributed by atoms with Crippen molar-refractivity contribution in [3.63, 3.8) is 0 Å². The first-order chi connectivity index (χ1) is 18.9. The van der Waals surface area contributed by atoms with E-state index in [1.54, 1.807) is 16.2 Å². The Balaban J connectivity index is 1.20. The molecule has 0 spiro atoms. The van der Waals surface area contributed by atoms with Crippen molar-refractivity contribution in [1.82, 2.24) is 24.9 Å². The van der Waals surface area contributed by atoms with Gasteiger partial charge in [-0.3, -0.25) is 14.4 Å². The molecular formula is C28H32N6O4S. The van der Waals surface area contributed by atoms with Gasteiger partial charge in [-0.05, 0) is 75.4 Å². The monoisotopic (exact) mass is 548 g/mol. The van der Waals surface area contributed by atoms with Gasteiger partial charge in [0.05, 0.1) is 33.2 Å². The van der Waals surface area contributed by atoms with Crippen molar-refractivity contribution in [2.75, 3.05) is 25.0 Å². The van der Waals surface area contributed by atoms with Crippen LogP contribution in [0, 0.1) is 5.92 Å². The molecule has 2 fully saturated rings. The number of amides is 2. The summed E-state index contributed by atoms with van der Waals surface area (Å²) < 4.78 is 6.10. The van der Waals surface area contributed by atoms with Crippen LogP contribution in [0.15, 0.2) is 39.8 Å². The van der Waals surface area contributed by atoms with Gasteiger partial charge in [0.25, 0.3) is 11.3 Å². The van der Waals surface area contributed by atoms with Gasteiger partial charge >= 0.3 is 11.8 Å². The smallest absolute Gasteiger partial charge is 0.313 e. The SMILES string of the molecule is CC(Cc1nc2cc([C@H]3CC[C@H](C)CN3C(=O)C(=O)Nc3cnc4o[nH]c(=O)c4c3)ccc2s1)N1CCCC1. The molecule has 3 atom stereocenters. The molecule has 204 valence electrons. The van der Waals surface area contributed by atoms with Crippen LogP contribution in [0.25, 0.3) is 21.3 Å². The minimum atomic E-state index is -0.761. The van der Waals surface area contributed by atoms with Crippen molar-refractivity contribution < 1.29 is 14.1 Å². The van der Waals surface area contributed by atoms with Gasteiger partial charge in [-0.2, -0.15) is 5.16 Å². The molecule has 2 N–H and O–H groups in total. The van der Waals surface area contributed by atoms with Gasteiger partial charge in [0.15, 0.2) is 0 Å². The molecule has 0 saturated carbocycles. The Morgan fingerprint density at radius 3 is 2.87 bits per heavy atom. The van der Waals surface area contributed by atoms with Gasteiger partial charge in [-0.1, -0.05) is 13.0 Å². The van der Waals surface area contributed by atoms with E-state index < -0.39 is 17.4 Å². The van der Waals surface area contributed by atoms with Crippen LogP contribution in [0.4, 0.5) is 5.69 Å². The zero-order chi connectivity index (χ0) is 27.1. The molecule has 4 aromatic rings. The molecule has 2 amide bonds. The maximum atomic E-state index is 13.4. The number of hydrogen-bond acceptors (Lipinski definition) is 8. The number of carbonyl (C=O) groups excluding carboxylic acids is 2. The molecule has 2 saturated heterocycles. The number of nitrogens with zero attached hydrogens (tertiary/aromatic N) is 4. The van der Waals surface area contributed by atoms with Crippen LogP contribution in [0.2, 0.25) is 0 Å². The molecule has 3 aromatic heterocycles. The summed E-state index contributed by atoms with van der Waals surface area (Å²) in [5.74, 6) is -1.09. The highest BCUT2D eigenvalue weighted by molar-refractivity contribution is 7.18. The molecule has 0 bridgehead atoms. The topological polar surface area (TPSA) is 124 Å². The molecule has 1 aromatic carbocycles. The number of nitrogens with one attached hydrogen (secondary N) is 2. The fraction of sp³-hybridized carbons (Fsp3) is 0.464. The number of H-pyrrole nitrogens is 1. The standard InChI is InChI=1S/C28H32N6O4S/c1-16-5-7-22(18-6-8-23-21(12-18)31-24(39-23)11-17(2)33-9-3-4-10-33)34(15-16)28(37)26(36)30-19-13-20-25(35)32-38-27(20)29-14-19/h6,8,12-14,16-17,22H,3-5,7,9-11,15H2,1-2H3,(H,30,36)(H,32,35)/t16-,17?,22+/m0/s1. The number of aromatic nitrogens is 3. The van der Waals surface area contributed by atoms with E-state index >= 15 is 0 Å². The summed E-state index contributed by atoms with van der Waals surface area (Å²) in [6.45, 7) is 7.20. The number of carbonyl (C=O) groups is 2. The summed E-state index contributed by atoms with van der Waals surface area (Å²) in [7, 11) is 0. The van der Waals surface area contributed by atoms with Crippen molar-refractivity contribution >= 4 is 50.2 Å². The third kappa shape index (κ3) is 5.20. The highest BCUT2D eigenvalue weighted by atomic mass is 32.1. The molecule has 11 heteroatoms. The summed E-state index contributed by atoms with van der Waals surface area (Å²) >= 11 is 1.74. The molecule has 0 aliphatic carbocycles. The number of benzene rings is 1. The lowest BCUT2D eigenvalue weighted by atomic mass is 9.89. The number of pyridine rings is 1. The Bertz CT molecular complexity index is 1590. The lowest BCUT2D eigenvalue weighted by molar-refractivity contribution is -0.146. The molecule has 10 nitrogen and oxygen atoms in total. The summed E-state index contributed by atoms with van der Waals surface area (Å²) in [5.41, 5.74) is 1.89. The van der Waals surface area contributed by atoms with Crippen LogP contribution in [-0.4, -0.2) is 62.4 Å². The minimum absolute atomic E-state index is 0.139. The second-order valence-corrected chi connectivity index (χ2v) is 12.0. The number of piperidine rings is 1. The van der Waals surface area contributed by atoms with Crippen molar-refractivity contribution in [2.45, 2.75) is 58.0 Å². The second kappa shape index (κ2) is 10.5. The fourth-order valence-corrected chi connectivity index (χ4v) is 6.87. The molecule has 6 rings (SSSR count). The highest BCUT2D eigenvalue weighted by Crippen LogP contribution is 2.36. The van der Waals surface area contributed by atoms with Gasteiger partial charge < -0.3 is 19.6 Å². The van der Waals surface area contributed by atoms with Gasteiger partial charge in [0, 0.05) is 19.0 Å². The van der Waals surface area contributed by atoms with Gasteiger partial charge in [0.1, 0.15) is 5.39 Å². The average Bonchev–Trinajstić information content (AvgIpc) is 3.68. The molecular weight excluding hydrogens is 516 g/mol. The van der Waals surface area contributed by atoms with E-state index in [1.807, 2.05) is 0 Å². The second-order valence-electron chi connectivity index (χ2n) is 10.9. The first kappa shape index (κ1) is 25.7. The Kier molecular flexibility index (Phi) is 6.94. The lowest BCUT2D eigenvalue weighted by Crippen LogP contribution is -2.46. The van der Waals surface area contributed by atoms with Crippen LogP contribution in [0.1, 0.15) is 56.1 Å². The molecule has 1 unspecified atom stereocenters. The van der Waals surface area contributed by atoms with Gasteiger partial charge in [-0.25, -0.2) is 9.97 Å². The maximum Gasteiger partial charge on any atom is 0.313 e. The highest BCUT2D eigenvalue weighted by Gasteiger charge is 2.34. The number of aromatic amines is 1. The van der Waals surface area contributed by atoms with E-state index in [0.717, 1.165) is 40.1 Å². The maximum absolute atomic E-state index is 13.4. The predicted molar refractivity (Wildman–Crippen MR) is 150 cm³/mol. The summed E-state index contributed by atoms with van der Waals surface area (Å²) in [5, 5.41) is 6.15. The predicted octanol–water partition coefficient (Wildman–Crippen LogP) is 4.09. The number of hydrogen-bond donors (Lipinski definition) is 2. The Hall–Kier alpha value is -3.57. The fourth-order valence-electron chi connectivity index (χ4n) is 5.80. The van der Waals surface area contributed by atoms with Crippen molar-refractivity contribution in [3.05, 3.63) is 51.4 Å². The van der Waals surface area contributed by atoms with E-state index in [4.69, 9.17) is 9.51 Å². The molecule has 5 heterocycles. The van der Waals surface area contributed by atoms with Gasteiger partial charge in [-0.15, -0.1) is 11.3 Å². The Morgan fingerprint density at radius 2 is 2.05 bits per heavy atom. The Labute approximate surface area is 229 Å². The first-order valence-electron chi connectivity index (χ1n) is 13.6. The van der Waals surface area contributed by atoms with E-state index in [1.165, 1.54) is 38.2 Å². The van der Waals surface area contributed by atoms with Crippen molar-refractivity contribution in [2.24, 2.45) is 5.92 Å². The quantitative estimate of drug-likeness (QED) is 0.360. The third-order valence-corrected chi connectivity index (χ3v) is 9.00. The first-order valence-corrected chi connectivity index (χ1v) is 14.4. The van der Waals surface area contributed by atoms with Crippen LogP contribution < -0.4 is 10.9 Å². The number of rotatable bonds is 5. The summed E-state index contributed by atoms with van der Waals surface area (Å²) in [4.78, 5) is 51.5. The molecule has 0 radical (unpaired) electrons. The molecule has 39 heavy (non-hydrogen) atoms. The van der Waals surface area contributed by atoms with E-state index in [9.17, 15) is 14.4 Å². The van der Waals surface area contributed by atoms with Crippen LogP contribution in [0.3, 0.4) is 0 Å².